The Hall–Kier alpha value is -2.39. The molecule has 0 amide bonds. The topological polar surface area (TPSA) is 37.8 Å². The van der Waals surface area contributed by atoms with E-state index in [2.05, 4.69) is 50.4 Å². The summed E-state index contributed by atoms with van der Waals surface area (Å²) in [7, 11) is 0. The molecule has 0 aliphatic rings. The van der Waals surface area contributed by atoms with Crippen molar-refractivity contribution < 1.29 is 0 Å². The molecule has 1 aromatic heterocycles. The molecule has 0 aliphatic carbocycles. The molecule has 1 heterocycles. The van der Waals surface area contributed by atoms with Gasteiger partial charge in [0.05, 0.1) is 17.1 Å². The average molecular weight is 380 g/mol. The summed E-state index contributed by atoms with van der Waals surface area (Å²) in [5, 5.41) is 4.24. The van der Waals surface area contributed by atoms with Crippen LogP contribution in [0.1, 0.15) is 36.4 Å². The number of nitrogens with zero attached hydrogens (tertiary/aromatic N) is 2. The third-order valence-electron chi connectivity index (χ3n) is 4.70. The maximum Gasteiger partial charge on any atom is 0.148 e. The molecule has 0 radical (unpaired) electrons. The van der Waals surface area contributed by atoms with Crippen molar-refractivity contribution in [2.24, 2.45) is 0 Å². The largest absolute Gasteiger partial charge is 0.368 e. The van der Waals surface area contributed by atoms with Gasteiger partial charge in [-0.3, -0.25) is 0 Å². The summed E-state index contributed by atoms with van der Waals surface area (Å²) in [5.41, 5.74) is 6.54. The first kappa shape index (κ1) is 19.4. The van der Waals surface area contributed by atoms with Gasteiger partial charge in [0.15, 0.2) is 0 Å². The molecule has 27 heavy (non-hydrogen) atoms. The number of aryl methyl sites for hydroxylation is 3. The molecule has 0 aliphatic heterocycles. The lowest BCUT2D eigenvalue weighted by molar-refractivity contribution is 0.919. The molecule has 4 heteroatoms. The van der Waals surface area contributed by atoms with Crippen LogP contribution in [0.25, 0.3) is 11.3 Å². The van der Waals surface area contributed by atoms with Crippen LogP contribution in [0.15, 0.2) is 48.5 Å². The maximum absolute atomic E-state index is 6.12. The van der Waals surface area contributed by atoms with E-state index < -0.39 is 0 Å². The molecule has 0 spiro atoms. The fourth-order valence-corrected chi connectivity index (χ4v) is 3.44. The summed E-state index contributed by atoms with van der Waals surface area (Å²) < 4.78 is 0. The summed E-state index contributed by atoms with van der Waals surface area (Å²) in [6.45, 7) is 7.16. The minimum atomic E-state index is 0.747. The van der Waals surface area contributed by atoms with Gasteiger partial charge < -0.3 is 5.32 Å². The third kappa shape index (κ3) is 4.67. The van der Waals surface area contributed by atoms with Crippen molar-refractivity contribution in [2.45, 2.75) is 40.0 Å². The number of halogens is 1. The summed E-state index contributed by atoms with van der Waals surface area (Å²) in [5.74, 6) is 0.903. The molecule has 0 saturated carbocycles. The van der Waals surface area contributed by atoms with Crippen LogP contribution in [0.5, 0.6) is 0 Å². The SMILES string of the molecule is CCc1nc(-c2ccc(Cl)cc2C)c(CC)nc1NCCc1ccccc1. The van der Waals surface area contributed by atoms with Gasteiger partial charge in [-0.25, -0.2) is 9.97 Å². The van der Waals surface area contributed by atoms with Crippen LogP contribution in [0.3, 0.4) is 0 Å². The van der Waals surface area contributed by atoms with E-state index in [1.165, 1.54) is 5.56 Å². The van der Waals surface area contributed by atoms with Gasteiger partial charge in [0.1, 0.15) is 5.82 Å². The average Bonchev–Trinajstić information content (AvgIpc) is 2.68. The molecule has 3 nitrogen and oxygen atoms in total. The van der Waals surface area contributed by atoms with Gasteiger partial charge in [0.25, 0.3) is 0 Å². The van der Waals surface area contributed by atoms with Crippen molar-refractivity contribution in [3.05, 3.63) is 76.1 Å². The van der Waals surface area contributed by atoms with Crippen molar-refractivity contribution in [3.8, 4) is 11.3 Å². The number of hydrogen-bond donors (Lipinski definition) is 1. The number of hydrogen-bond acceptors (Lipinski definition) is 3. The van der Waals surface area contributed by atoms with Crippen molar-refractivity contribution in [1.29, 1.82) is 0 Å². The number of rotatable bonds is 7. The zero-order valence-electron chi connectivity index (χ0n) is 16.2. The molecule has 0 bridgehead atoms. The van der Waals surface area contributed by atoms with E-state index in [1.54, 1.807) is 0 Å². The lowest BCUT2D eigenvalue weighted by Crippen LogP contribution is -2.12. The van der Waals surface area contributed by atoms with E-state index in [4.69, 9.17) is 21.6 Å². The Morgan fingerprint density at radius 2 is 1.67 bits per heavy atom. The summed E-state index contributed by atoms with van der Waals surface area (Å²) in [4.78, 5) is 9.91. The van der Waals surface area contributed by atoms with Gasteiger partial charge in [0, 0.05) is 17.1 Å². The molecule has 0 fully saturated rings. The van der Waals surface area contributed by atoms with Crippen LogP contribution in [-0.2, 0) is 19.3 Å². The van der Waals surface area contributed by atoms with Crippen molar-refractivity contribution in [2.75, 3.05) is 11.9 Å². The smallest absolute Gasteiger partial charge is 0.148 e. The van der Waals surface area contributed by atoms with Crippen LogP contribution in [0.4, 0.5) is 5.82 Å². The van der Waals surface area contributed by atoms with Crippen LogP contribution in [-0.4, -0.2) is 16.5 Å². The van der Waals surface area contributed by atoms with E-state index in [-0.39, 0.29) is 0 Å². The first-order valence-corrected chi connectivity index (χ1v) is 9.94. The van der Waals surface area contributed by atoms with Crippen molar-refractivity contribution in [3.63, 3.8) is 0 Å². The molecule has 0 atom stereocenters. The molecule has 3 rings (SSSR count). The monoisotopic (exact) mass is 379 g/mol. The van der Waals surface area contributed by atoms with Crippen LogP contribution in [0.2, 0.25) is 5.02 Å². The normalized spacial score (nSPS) is 10.8. The molecule has 1 N–H and O–H groups in total. The zero-order chi connectivity index (χ0) is 19.2. The van der Waals surface area contributed by atoms with Crippen LogP contribution >= 0.6 is 11.6 Å². The predicted molar refractivity (Wildman–Crippen MR) is 115 cm³/mol. The van der Waals surface area contributed by atoms with E-state index in [9.17, 15) is 0 Å². The highest BCUT2D eigenvalue weighted by molar-refractivity contribution is 6.30. The van der Waals surface area contributed by atoms with E-state index in [0.29, 0.717) is 0 Å². The van der Waals surface area contributed by atoms with Gasteiger partial charge >= 0.3 is 0 Å². The summed E-state index contributed by atoms with van der Waals surface area (Å²) in [6.07, 6.45) is 2.64. The maximum atomic E-state index is 6.12. The number of benzene rings is 2. The lowest BCUT2D eigenvalue weighted by Gasteiger charge is -2.16. The highest BCUT2D eigenvalue weighted by Crippen LogP contribution is 2.29. The van der Waals surface area contributed by atoms with Crippen LogP contribution < -0.4 is 5.32 Å². The highest BCUT2D eigenvalue weighted by Gasteiger charge is 2.15. The lowest BCUT2D eigenvalue weighted by atomic mass is 10.0. The van der Waals surface area contributed by atoms with Crippen molar-refractivity contribution >= 4 is 17.4 Å². The molecule has 0 saturated heterocycles. The molecular formula is C23H26ClN3. The second-order valence-corrected chi connectivity index (χ2v) is 7.08. The highest BCUT2D eigenvalue weighted by atomic mass is 35.5. The molecule has 140 valence electrons. The van der Waals surface area contributed by atoms with E-state index >= 15 is 0 Å². The Morgan fingerprint density at radius 1 is 0.926 bits per heavy atom. The Bertz CT molecular complexity index is 907. The fraction of sp³-hybridized carbons (Fsp3) is 0.304. The fourth-order valence-electron chi connectivity index (χ4n) is 3.22. The Morgan fingerprint density at radius 3 is 2.33 bits per heavy atom. The number of aromatic nitrogens is 2. The second kappa shape index (κ2) is 9.01. The van der Waals surface area contributed by atoms with Gasteiger partial charge in [-0.2, -0.15) is 0 Å². The Balaban J connectivity index is 1.87. The second-order valence-electron chi connectivity index (χ2n) is 6.64. The number of nitrogens with one attached hydrogen (secondary N) is 1. The van der Waals surface area contributed by atoms with E-state index in [1.807, 2.05) is 24.3 Å². The molecular weight excluding hydrogens is 354 g/mol. The predicted octanol–water partition coefficient (Wildman–Crippen LogP) is 5.88. The van der Waals surface area contributed by atoms with Crippen molar-refractivity contribution in [1.82, 2.24) is 9.97 Å². The first-order valence-electron chi connectivity index (χ1n) is 9.56. The molecule has 2 aromatic carbocycles. The van der Waals surface area contributed by atoms with E-state index in [0.717, 1.165) is 64.9 Å². The Labute approximate surface area is 166 Å². The van der Waals surface area contributed by atoms with Gasteiger partial charge in [-0.15, -0.1) is 0 Å². The quantitative estimate of drug-likeness (QED) is 0.556. The van der Waals surface area contributed by atoms with Crippen LogP contribution in [0, 0.1) is 6.92 Å². The third-order valence-corrected chi connectivity index (χ3v) is 4.94. The summed E-state index contributed by atoms with van der Waals surface area (Å²) in [6, 6.07) is 16.4. The van der Waals surface area contributed by atoms with Gasteiger partial charge in [0.2, 0.25) is 0 Å². The Kier molecular flexibility index (Phi) is 6.46. The zero-order valence-corrected chi connectivity index (χ0v) is 17.0. The molecule has 0 unspecified atom stereocenters. The summed E-state index contributed by atoms with van der Waals surface area (Å²) >= 11 is 6.12. The minimum Gasteiger partial charge on any atom is -0.368 e. The van der Waals surface area contributed by atoms with Gasteiger partial charge in [-0.1, -0.05) is 61.8 Å². The molecule has 3 aromatic rings. The van der Waals surface area contributed by atoms with Gasteiger partial charge in [-0.05, 0) is 49.4 Å². The minimum absolute atomic E-state index is 0.747. The number of anilines is 1. The first-order chi connectivity index (χ1) is 13.1. The standard InChI is InChI=1S/C23H26ClN3/c1-4-20-22(19-12-11-18(24)15-16(19)3)26-21(5-2)23(27-20)25-14-13-17-9-7-6-8-10-17/h6-12,15H,4-5,13-14H2,1-3H3,(H,25,27).